The van der Waals surface area contributed by atoms with E-state index in [1.807, 2.05) is 6.07 Å². The molecule has 0 amide bonds. The number of nitrogens with one attached hydrogen (secondary N) is 2. The van der Waals surface area contributed by atoms with E-state index in [2.05, 4.69) is 20.4 Å². The molecule has 0 aromatic heterocycles. The van der Waals surface area contributed by atoms with Crippen LogP contribution in [0.2, 0.25) is 10.0 Å². The van der Waals surface area contributed by atoms with Crippen molar-refractivity contribution in [1.82, 2.24) is 20.4 Å². The second-order valence-electron chi connectivity index (χ2n) is 8.16. The van der Waals surface area contributed by atoms with Crippen LogP contribution in [0.5, 0.6) is 0 Å². The summed E-state index contributed by atoms with van der Waals surface area (Å²) in [5, 5.41) is 17.7. The van der Waals surface area contributed by atoms with Crippen LogP contribution in [0.4, 0.5) is 0 Å². The third-order valence-corrected chi connectivity index (χ3v) is 6.73. The normalized spacial score (nSPS) is 20.2. The van der Waals surface area contributed by atoms with Gasteiger partial charge in [0.2, 0.25) is 0 Å². The van der Waals surface area contributed by atoms with E-state index in [9.17, 15) is 9.90 Å². The number of benzene rings is 1. The van der Waals surface area contributed by atoms with Crippen LogP contribution < -0.4 is 10.6 Å². The van der Waals surface area contributed by atoms with Gasteiger partial charge >= 0.3 is 5.97 Å². The van der Waals surface area contributed by atoms with Crippen molar-refractivity contribution in [2.75, 3.05) is 85.3 Å². The second kappa shape index (κ2) is 13.7. The van der Waals surface area contributed by atoms with Gasteiger partial charge in [-0.05, 0) is 17.7 Å². The van der Waals surface area contributed by atoms with Gasteiger partial charge in [-0.2, -0.15) is 0 Å². The number of ether oxygens (including phenoxy) is 2. The number of hydrogen-bond donors (Lipinski definition) is 3. The molecule has 8 nitrogen and oxygen atoms in total. The van der Waals surface area contributed by atoms with Gasteiger partial charge in [-0.3, -0.25) is 14.6 Å². The molecule has 1 aromatic carbocycles. The van der Waals surface area contributed by atoms with Crippen molar-refractivity contribution in [2.24, 2.45) is 5.92 Å². The number of rotatable bonds is 12. The summed E-state index contributed by atoms with van der Waals surface area (Å²) in [6, 6.07) is 4.95. The summed E-state index contributed by atoms with van der Waals surface area (Å²) in [6.45, 7) is 10.1. The van der Waals surface area contributed by atoms with E-state index in [4.69, 9.17) is 32.7 Å². The van der Waals surface area contributed by atoms with E-state index in [0.29, 0.717) is 23.1 Å². The molecule has 0 bridgehead atoms. The Morgan fingerprint density at radius 1 is 0.969 bits per heavy atom. The van der Waals surface area contributed by atoms with Crippen LogP contribution in [0.3, 0.4) is 0 Å². The highest BCUT2D eigenvalue weighted by Gasteiger charge is 2.29. The number of carboxylic acid groups (broad SMARTS) is 1. The van der Waals surface area contributed by atoms with Gasteiger partial charge < -0.3 is 25.2 Å². The van der Waals surface area contributed by atoms with Crippen LogP contribution in [0.15, 0.2) is 18.2 Å². The van der Waals surface area contributed by atoms with Crippen LogP contribution in [0, 0.1) is 5.92 Å². The minimum Gasteiger partial charge on any atom is -0.481 e. The molecule has 180 valence electrons. The highest BCUT2D eigenvalue weighted by molar-refractivity contribution is 6.42. The summed E-state index contributed by atoms with van der Waals surface area (Å²) in [5.41, 5.74) is 0.823. The summed E-state index contributed by atoms with van der Waals surface area (Å²) in [6.07, 6.45) is 0. The maximum atomic E-state index is 12.2. The van der Waals surface area contributed by atoms with E-state index in [1.165, 1.54) is 0 Å². The third-order valence-electron chi connectivity index (χ3n) is 5.99. The summed E-state index contributed by atoms with van der Waals surface area (Å²) in [4.78, 5) is 16.9. The number of morpholine rings is 2. The largest absolute Gasteiger partial charge is 0.481 e. The quantitative estimate of drug-likeness (QED) is 0.382. The highest BCUT2D eigenvalue weighted by atomic mass is 35.5. The molecule has 2 atom stereocenters. The van der Waals surface area contributed by atoms with Crippen molar-refractivity contribution in [3.8, 4) is 0 Å². The van der Waals surface area contributed by atoms with E-state index in [0.717, 1.165) is 77.8 Å². The molecule has 32 heavy (non-hydrogen) atoms. The molecule has 0 spiro atoms. The zero-order valence-corrected chi connectivity index (χ0v) is 19.9. The van der Waals surface area contributed by atoms with Gasteiger partial charge in [-0.1, -0.05) is 29.3 Å². The number of halogens is 2. The van der Waals surface area contributed by atoms with E-state index < -0.39 is 11.9 Å². The minimum atomic E-state index is -0.848. The summed E-state index contributed by atoms with van der Waals surface area (Å²) < 4.78 is 10.8. The number of nitrogens with zero attached hydrogens (tertiary/aromatic N) is 2. The fourth-order valence-electron chi connectivity index (χ4n) is 4.07. The molecule has 2 aliphatic heterocycles. The van der Waals surface area contributed by atoms with Crippen molar-refractivity contribution in [3.05, 3.63) is 33.8 Å². The van der Waals surface area contributed by atoms with Crippen molar-refractivity contribution in [3.63, 3.8) is 0 Å². The van der Waals surface area contributed by atoms with Gasteiger partial charge in [0.1, 0.15) is 0 Å². The molecule has 10 heteroatoms. The Hall–Kier alpha value is -0.970. The molecule has 0 saturated carbocycles. The van der Waals surface area contributed by atoms with Crippen molar-refractivity contribution in [1.29, 1.82) is 0 Å². The zero-order valence-electron chi connectivity index (χ0n) is 18.4. The van der Waals surface area contributed by atoms with Crippen molar-refractivity contribution < 1.29 is 19.4 Å². The van der Waals surface area contributed by atoms with E-state index in [1.54, 1.807) is 12.1 Å². The molecule has 2 heterocycles. The SMILES string of the molecule is O=C(O)C(CNCCN1CCOCC1)C(NCCN1CCOCC1)c1ccc(Cl)c(Cl)c1. The number of hydrogen-bond acceptors (Lipinski definition) is 7. The average Bonchev–Trinajstić information content (AvgIpc) is 2.80. The number of carbonyl (C=O) groups is 1. The van der Waals surface area contributed by atoms with Crippen LogP contribution in [0.25, 0.3) is 0 Å². The molecule has 3 N–H and O–H groups in total. The predicted molar refractivity (Wildman–Crippen MR) is 126 cm³/mol. The highest BCUT2D eigenvalue weighted by Crippen LogP contribution is 2.29. The molecule has 2 unspecified atom stereocenters. The first kappa shape index (κ1) is 25.6. The Morgan fingerprint density at radius 3 is 2.12 bits per heavy atom. The third kappa shape index (κ3) is 8.11. The lowest BCUT2D eigenvalue weighted by Gasteiger charge is -2.30. The lowest BCUT2D eigenvalue weighted by molar-refractivity contribution is -0.142. The molecule has 0 aliphatic carbocycles. The maximum Gasteiger partial charge on any atom is 0.309 e. The van der Waals surface area contributed by atoms with Crippen molar-refractivity contribution >= 4 is 29.2 Å². The fourth-order valence-corrected chi connectivity index (χ4v) is 4.37. The topological polar surface area (TPSA) is 86.3 Å². The van der Waals surface area contributed by atoms with Gasteiger partial charge in [0.15, 0.2) is 0 Å². The van der Waals surface area contributed by atoms with Gasteiger partial charge in [0.05, 0.1) is 42.4 Å². The Balaban J connectivity index is 1.60. The molecular formula is C22H34Cl2N4O4. The van der Waals surface area contributed by atoms with E-state index in [-0.39, 0.29) is 6.04 Å². The predicted octanol–water partition coefficient (Wildman–Crippen LogP) is 1.58. The Bertz CT molecular complexity index is 715. The first-order valence-corrected chi connectivity index (χ1v) is 12.0. The van der Waals surface area contributed by atoms with Crippen molar-refractivity contribution in [2.45, 2.75) is 6.04 Å². The monoisotopic (exact) mass is 488 g/mol. The standard InChI is InChI=1S/C22H34Cl2N4O4/c23-19-2-1-17(15-20(19)24)21(26-4-6-28-9-13-32-14-10-28)18(22(29)30)16-25-3-5-27-7-11-31-12-8-27/h1-2,15,18,21,25-26H,3-14,16H2,(H,29,30). The zero-order chi connectivity index (χ0) is 22.8. The summed E-state index contributed by atoms with van der Waals surface area (Å²) in [7, 11) is 0. The van der Waals surface area contributed by atoms with Gasteiger partial charge in [0, 0.05) is 64.9 Å². The summed E-state index contributed by atoms with van der Waals surface area (Å²) >= 11 is 12.3. The Kier molecular flexibility index (Phi) is 11.0. The van der Waals surface area contributed by atoms with Gasteiger partial charge in [-0.15, -0.1) is 0 Å². The van der Waals surface area contributed by atoms with E-state index >= 15 is 0 Å². The molecule has 2 aliphatic rings. The summed E-state index contributed by atoms with van der Waals surface area (Å²) in [5.74, 6) is -1.50. The molecule has 2 fully saturated rings. The minimum absolute atomic E-state index is 0.356. The fraction of sp³-hybridized carbons (Fsp3) is 0.682. The Labute approximate surface area is 200 Å². The molecule has 2 saturated heterocycles. The lowest BCUT2D eigenvalue weighted by Crippen LogP contribution is -2.45. The smallest absolute Gasteiger partial charge is 0.309 e. The van der Waals surface area contributed by atoms with Crippen LogP contribution >= 0.6 is 23.2 Å². The maximum absolute atomic E-state index is 12.2. The number of carboxylic acids is 1. The van der Waals surface area contributed by atoms with Crippen LogP contribution in [-0.4, -0.2) is 106 Å². The first-order valence-electron chi connectivity index (χ1n) is 11.3. The second-order valence-corrected chi connectivity index (χ2v) is 8.98. The number of aliphatic carboxylic acids is 1. The van der Waals surface area contributed by atoms with Crippen LogP contribution in [0.1, 0.15) is 11.6 Å². The molecule has 3 rings (SSSR count). The van der Waals surface area contributed by atoms with Gasteiger partial charge in [-0.25, -0.2) is 0 Å². The molecule has 0 radical (unpaired) electrons. The van der Waals surface area contributed by atoms with Crippen LogP contribution in [-0.2, 0) is 14.3 Å². The average molecular weight is 489 g/mol. The Morgan fingerprint density at radius 2 is 1.56 bits per heavy atom. The molecule has 1 aromatic rings. The molecular weight excluding hydrogens is 455 g/mol. The first-order chi connectivity index (χ1) is 15.5. The lowest BCUT2D eigenvalue weighted by atomic mass is 9.92. The van der Waals surface area contributed by atoms with Gasteiger partial charge in [0.25, 0.3) is 0 Å².